The van der Waals surface area contributed by atoms with Crippen molar-refractivity contribution in [1.82, 2.24) is 4.98 Å². The Bertz CT molecular complexity index is 328. The maximum Gasteiger partial charge on any atom is 0.313 e. The van der Waals surface area contributed by atoms with E-state index in [-0.39, 0.29) is 11.2 Å². The summed E-state index contributed by atoms with van der Waals surface area (Å²) in [6, 6.07) is 0. The largest absolute Gasteiger partial charge is 0.481 e. The van der Waals surface area contributed by atoms with Gasteiger partial charge in [-0.05, 0) is 0 Å². The minimum absolute atomic E-state index is 0.0402. The average Bonchev–Trinajstić information content (AvgIpc) is 2.47. The van der Waals surface area contributed by atoms with Crippen molar-refractivity contribution >= 4 is 29.1 Å². The lowest BCUT2D eigenvalue weighted by Crippen LogP contribution is -2.11. The van der Waals surface area contributed by atoms with Crippen molar-refractivity contribution in [1.29, 1.82) is 0 Å². The number of nitrogens with zero attached hydrogens (tertiary/aromatic N) is 1. The molecule has 0 aliphatic rings. The van der Waals surface area contributed by atoms with Gasteiger partial charge in [-0.3, -0.25) is 4.79 Å². The number of thiazole rings is 1. The zero-order chi connectivity index (χ0) is 10.8. The molecule has 0 saturated carbocycles. The molecule has 1 aromatic heterocycles. The van der Waals surface area contributed by atoms with E-state index in [0.717, 1.165) is 10.0 Å². The first-order valence-corrected chi connectivity index (χ1v) is 6.07. The number of rotatable bonds is 3. The van der Waals surface area contributed by atoms with Crippen LogP contribution in [-0.4, -0.2) is 21.8 Å². The second-order valence-electron chi connectivity index (χ2n) is 3.93. The number of aromatic nitrogens is 1. The van der Waals surface area contributed by atoms with Crippen LogP contribution < -0.4 is 0 Å². The molecular formula is C9H13NO2S2. The molecule has 78 valence electrons. The van der Waals surface area contributed by atoms with Crippen molar-refractivity contribution in [2.75, 3.05) is 5.75 Å². The lowest BCUT2D eigenvalue weighted by atomic mass is 9.93. The molecule has 0 spiro atoms. The Morgan fingerprint density at radius 3 is 2.71 bits per heavy atom. The van der Waals surface area contributed by atoms with Crippen LogP contribution in [0.25, 0.3) is 0 Å². The van der Waals surface area contributed by atoms with Gasteiger partial charge in [0.15, 0.2) is 4.34 Å². The van der Waals surface area contributed by atoms with Crippen LogP contribution in [0.15, 0.2) is 9.72 Å². The molecular weight excluding hydrogens is 218 g/mol. The van der Waals surface area contributed by atoms with E-state index in [1.165, 1.54) is 23.1 Å². The molecule has 0 amide bonds. The Labute approximate surface area is 91.6 Å². The molecule has 0 aromatic carbocycles. The fraction of sp³-hybridized carbons (Fsp3) is 0.556. The number of carboxylic acid groups (broad SMARTS) is 1. The third kappa shape index (κ3) is 3.31. The number of hydrogen-bond donors (Lipinski definition) is 1. The number of carbonyl (C=O) groups is 1. The average molecular weight is 231 g/mol. The molecule has 0 bridgehead atoms. The maximum atomic E-state index is 10.3. The van der Waals surface area contributed by atoms with Crippen LogP contribution in [0.4, 0.5) is 0 Å². The third-order valence-corrected chi connectivity index (χ3v) is 3.58. The molecule has 0 radical (unpaired) electrons. The standard InChI is InChI=1S/C9H13NO2S2/c1-9(2,3)6-4-13-8(10-6)14-5-7(11)12/h4H,5H2,1-3H3,(H,11,12). The molecule has 0 atom stereocenters. The smallest absolute Gasteiger partial charge is 0.313 e. The Balaban J connectivity index is 2.64. The topological polar surface area (TPSA) is 50.2 Å². The summed E-state index contributed by atoms with van der Waals surface area (Å²) < 4.78 is 0.831. The zero-order valence-corrected chi connectivity index (χ0v) is 10.0. The van der Waals surface area contributed by atoms with Crippen molar-refractivity contribution in [3.8, 4) is 0 Å². The number of carboxylic acids is 1. The number of aliphatic carboxylic acids is 1. The van der Waals surface area contributed by atoms with Crippen molar-refractivity contribution in [2.24, 2.45) is 0 Å². The van der Waals surface area contributed by atoms with Crippen LogP contribution in [0.1, 0.15) is 26.5 Å². The summed E-state index contributed by atoms with van der Waals surface area (Å²) in [5.74, 6) is -0.723. The third-order valence-electron chi connectivity index (χ3n) is 1.57. The van der Waals surface area contributed by atoms with Crippen LogP contribution in [-0.2, 0) is 10.2 Å². The molecule has 0 fully saturated rings. The molecule has 1 aromatic rings. The summed E-state index contributed by atoms with van der Waals surface area (Å²) in [7, 11) is 0. The molecule has 0 saturated heterocycles. The Kier molecular flexibility index (Phi) is 3.55. The molecule has 5 heteroatoms. The van der Waals surface area contributed by atoms with Crippen molar-refractivity contribution in [3.05, 3.63) is 11.1 Å². The summed E-state index contributed by atoms with van der Waals surface area (Å²) in [6.07, 6.45) is 0. The van der Waals surface area contributed by atoms with E-state index in [2.05, 4.69) is 25.8 Å². The second kappa shape index (κ2) is 4.31. The van der Waals surface area contributed by atoms with E-state index in [9.17, 15) is 4.79 Å². The first-order chi connectivity index (χ1) is 6.39. The maximum absolute atomic E-state index is 10.3. The number of thioether (sulfide) groups is 1. The normalized spacial score (nSPS) is 11.6. The predicted molar refractivity (Wildman–Crippen MR) is 59.2 cm³/mol. The van der Waals surface area contributed by atoms with Crippen LogP contribution in [0, 0.1) is 0 Å². The molecule has 0 aliphatic carbocycles. The molecule has 3 nitrogen and oxygen atoms in total. The highest BCUT2D eigenvalue weighted by molar-refractivity contribution is 8.01. The SMILES string of the molecule is CC(C)(C)c1csc(SCC(=O)O)n1. The fourth-order valence-electron chi connectivity index (χ4n) is 0.792. The molecule has 0 aliphatic heterocycles. The summed E-state index contributed by atoms with van der Waals surface area (Å²) in [5.41, 5.74) is 1.06. The second-order valence-corrected chi connectivity index (χ2v) is 6.01. The van der Waals surface area contributed by atoms with Crippen LogP contribution in [0.2, 0.25) is 0 Å². The van der Waals surface area contributed by atoms with E-state index in [1.807, 2.05) is 5.38 Å². The summed E-state index contributed by atoms with van der Waals surface area (Å²) >= 11 is 2.78. The first kappa shape index (κ1) is 11.5. The van der Waals surface area contributed by atoms with Gasteiger partial charge < -0.3 is 5.11 Å². The molecule has 1 rings (SSSR count). The Morgan fingerprint density at radius 2 is 2.29 bits per heavy atom. The highest BCUT2D eigenvalue weighted by Gasteiger charge is 2.17. The van der Waals surface area contributed by atoms with Gasteiger partial charge in [0.05, 0.1) is 11.4 Å². The van der Waals surface area contributed by atoms with E-state index >= 15 is 0 Å². The first-order valence-electron chi connectivity index (χ1n) is 4.20. The van der Waals surface area contributed by atoms with E-state index in [1.54, 1.807) is 0 Å². The highest BCUT2D eigenvalue weighted by Crippen LogP contribution is 2.28. The van der Waals surface area contributed by atoms with Gasteiger partial charge in [0.25, 0.3) is 0 Å². The van der Waals surface area contributed by atoms with Crippen LogP contribution in [0.5, 0.6) is 0 Å². The monoisotopic (exact) mass is 231 g/mol. The van der Waals surface area contributed by atoms with E-state index < -0.39 is 5.97 Å². The van der Waals surface area contributed by atoms with Gasteiger partial charge in [-0.25, -0.2) is 4.98 Å². The predicted octanol–water partition coefficient (Wildman–Crippen LogP) is 2.62. The minimum Gasteiger partial charge on any atom is -0.481 e. The van der Waals surface area contributed by atoms with Gasteiger partial charge >= 0.3 is 5.97 Å². The van der Waals surface area contributed by atoms with Gasteiger partial charge in [-0.15, -0.1) is 11.3 Å². The molecule has 0 unspecified atom stereocenters. The summed E-state index contributed by atoms with van der Waals surface area (Å²) in [4.78, 5) is 14.7. The quantitative estimate of drug-likeness (QED) is 0.812. The fourth-order valence-corrected chi connectivity index (χ4v) is 2.56. The van der Waals surface area contributed by atoms with Crippen LogP contribution >= 0.6 is 23.1 Å². The van der Waals surface area contributed by atoms with Crippen molar-refractivity contribution in [2.45, 2.75) is 30.5 Å². The molecule has 14 heavy (non-hydrogen) atoms. The Hall–Kier alpha value is -0.550. The van der Waals surface area contributed by atoms with Crippen molar-refractivity contribution in [3.63, 3.8) is 0 Å². The van der Waals surface area contributed by atoms with Crippen molar-refractivity contribution < 1.29 is 9.90 Å². The van der Waals surface area contributed by atoms with Gasteiger partial charge in [0.1, 0.15) is 0 Å². The Morgan fingerprint density at radius 1 is 1.64 bits per heavy atom. The highest BCUT2D eigenvalue weighted by atomic mass is 32.2. The van der Waals surface area contributed by atoms with E-state index in [4.69, 9.17) is 5.11 Å². The van der Waals surface area contributed by atoms with Gasteiger partial charge in [0.2, 0.25) is 0 Å². The number of hydrogen-bond acceptors (Lipinski definition) is 4. The lowest BCUT2D eigenvalue weighted by Gasteiger charge is -2.13. The molecule has 1 N–H and O–H groups in total. The summed E-state index contributed by atoms with van der Waals surface area (Å²) in [6.45, 7) is 6.27. The summed E-state index contributed by atoms with van der Waals surface area (Å²) in [5, 5.41) is 10.5. The molecule has 1 heterocycles. The minimum atomic E-state index is -0.803. The lowest BCUT2D eigenvalue weighted by molar-refractivity contribution is -0.133. The van der Waals surface area contributed by atoms with E-state index in [0.29, 0.717) is 0 Å². The zero-order valence-electron chi connectivity index (χ0n) is 8.40. The van der Waals surface area contributed by atoms with Gasteiger partial charge in [0, 0.05) is 10.8 Å². The van der Waals surface area contributed by atoms with Gasteiger partial charge in [-0.2, -0.15) is 0 Å². The van der Waals surface area contributed by atoms with Gasteiger partial charge in [-0.1, -0.05) is 32.5 Å². The van der Waals surface area contributed by atoms with Crippen LogP contribution in [0.3, 0.4) is 0 Å².